The van der Waals surface area contributed by atoms with Crippen molar-refractivity contribution in [3.63, 3.8) is 0 Å². The smallest absolute Gasteiger partial charge is 0.482 e. The van der Waals surface area contributed by atoms with Gasteiger partial charge in [0, 0.05) is 36.2 Å². The maximum absolute atomic E-state index is 12.2. The number of carbonyl (C=O) groups excluding carboxylic acids is 1. The average Bonchev–Trinajstić information content (AvgIpc) is 2.59. The SMILES string of the molecule is Cc1cc(N2CC(OC(F)(F)F)C2)ccc1Nc1ccc2c(c1)OCC(=O)N2. The summed E-state index contributed by atoms with van der Waals surface area (Å²) in [5, 5.41) is 6.03. The lowest BCUT2D eigenvalue weighted by atomic mass is 10.1. The molecule has 6 nitrogen and oxygen atoms in total. The normalized spacial score (nSPS) is 16.7. The van der Waals surface area contributed by atoms with Crippen molar-refractivity contribution in [2.24, 2.45) is 0 Å². The van der Waals surface area contributed by atoms with Crippen LogP contribution in [0.2, 0.25) is 0 Å². The maximum atomic E-state index is 12.2. The molecule has 0 saturated carbocycles. The van der Waals surface area contributed by atoms with Crippen molar-refractivity contribution in [3.8, 4) is 5.75 Å². The van der Waals surface area contributed by atoms with E-state index in [-0.39, 0.29) is 25.6 Å². The van der Waals surface area contributed by atoms with Crippen molar-refractivity contribution < 1.29 is 27.4 Å². The van der Waals surface area contributed by atoms with Crippen LogP contribution in [0.15, 0.2) is 36.4 Å². The number of fused-ring (bicyclic) bond motifs is 1. The summed E-state index contributed by atoms with van der Waals surface area (Å²) in [6.45, 7) is 2.32. The van der Waals surface area contributed by atoms with Crippen LogP contribution >= 0.6 is 0 Å². The number of ether oxygens (including phenoxy) is 2. The van der Waals surface area contributed by atoms with Crippen LogP contribution in [0.1, 0.15) is 5.56 Å². The summed E-state index contributed by atoms with van der Waals surface area (Å²) in [5.74, 6) is 0.406. The van der Waals surface area contributed by atoms with Crippen molar-refractivity contribution in [1.82, 2.24) is 0 Å². The van der Waals surface area contributed by atoms with Gasteiger partial charge in [0.25, 0.3) is 5.91 Å². The van der Waals surface area contributed by atoms with Gasteiger partial charge in [-0.05, 0) is 42.8 Å². The fraction of sp³-hybridized carbons (Fsp3) is 0.316. The number of nitrogens with one attached hydrogen (secondary N) is 2. The lowest BCUT2D eigenvalue weighted by Crippen LogP contribution is -2.54. The van der Waals surface area contributed by atoms with Crippen LogP contribution in [0.5, 0.6) is 5.75 Å². The Morgan fingerprint density at radius 2 is 2.00 bits per heavy atom. The van der Waals surface area contributed by atoms with Crippen LogP contribution in [0.4, 0.5) is 35.9 Å². The standard InChI is InChI=1S/C19H18F3N3O3/c1-11-6-13(25-8-14(9-25)28-19(20,21)22)3-5-15(11)23-12-2-4-16-17(7-12)27-10-18(26)24-16/h2-7,14,23H,8-10H2,1H3,(H,24,26). The molecule has 0 aliphatic carbocycles. The van der Waals surface area contributed by atoms with E-state index in [0.717, 1.165) is 22.6 Å². The number of aryl methyl sites for hydroxylation is 1. The average molecular weight is 393 g/mol. The van der Waals surface area contributed by atoms with Gasteiger partial charge < -0.3 is 20.3 Å². The molecule has 2 heterocycles. The molecular formula is C19H18F3N3O3. The molecule has 0 radical (unpaired) electrons. The summed E-state index contributed by atoms with van der Waals surface area (Å²) in [4.78, 5) is 13.2. The molecule has 9 heteroatoms. The largest absolute Gasteiger partial charge is 0.522 e. The number of amides is 1. The highest BCUT2D eigenvalue weighted by atomic mass is 19.4. The van der Waals surface area contributed by atoms with E-state index in [2.05, 4.69) is 15.4 Å². The van der Waals surface area contributed by atoms with Gasteiger partial charge in [-0.15, -0.1) is 13.2 Å². The van der Waals surface area contributed by atoms with Crippen molar-refractivity contribution in [1.29, 1.82) is 0 Å². The lowest BCUT2D eigenvalue weighted by molar-refractivity contribution is -0.344. The summed E-state index contributed by atoms with van der Waals surface area (Å²) < 4.78 is 46.1. The Morgan fingerprint density at radius 3 is 2.71 bits per heavy atom. The zero-order valence-corrected chi connectivity index (χ0v) is 15.0. The molecule has 2 aliphatic rings. The van der Waals surface area contributed by atoms with Crippen LogP contribution in [0.25, 0.3) is 0 Å². The first-order chi connectivity index (χ1) is 13.3. The number of benzene rings is 2. The number of alkyl halides is 3. The number of rotatable bonds is 4. The number of nitrogens with zero attached hydrogens (tertiary/aromatic N) is 1. The third-order valence-electron chi connectivity index (χ3n) is 4.62. The summed E-state index contributed by atoms with van der Waals surface area (Å²) in [7, 11) is 0. The van der Waals surface area contributed by atoms with Gasteiger partial charge in [-0.25, -0.2) is 0 Å². The predicted octanol–water partition coefficient (Wildman–Crippen LogP) is 3.79. The zero-order chi connectivity index (χ0) is 19.9. The van der Waals surface area contributed by atoms with Gasteiger partial charge in [0.05, 0.1) is 5.69 Å². The van der Waals surface area contributed by atoms with Gasteiger partial charge in [-0.2, -0.15) is 0 Å². The molecule has 0 atom stereocenters. The molecule has 1 amide bonds. The molecular weight excluding hydrogens is 375 g/mol. The third-order valence-corrected chi connectivity index (χ3v) is 4.62. The molecule has 1 saturated heterocycles. The van der Waals surface area contributed by atoms with Crippen LogP contribution in [-0.4, -0.2) is 38.1 Å². The van der Waals surface area contributed by atoms with E-state index >= 15 is 0 Å². The minimum absolute atomic E-state index is 0.0148. The Kier molecular flexibility index (Phi) is 4.54. The van der Waals surface area contributed by atoms with E-state index in [1.54, 1.807) is 12.1 Å². The van der Waals surface area contributed by atoms with E-state index in [1.807, 2.05) is 36.1 Å². The molecule has 0 spiro atoms. The van der Waals surface area contributed by atoms with Crippen molar-refractivity contribution in [3.05, 3.63) is 42.0 Å². The van der Waals surface area contributed by atoms with Crippen LogP contribution in [0, 0.1) is 6.92 Å². The second-order valence-corrected chi connectivity index (χ2v) is 6.76. The van der Waals surface area contributed by atoms with E-state index in [9.17, 15) is 18.0 Å². The van der Waals surface area contributed by atoms with Crippen LogP contribution in [0.3, 0.4) is 0 Å². The molecule has 1 fully saturated rings. The molecule has 0 unspecified atom stereocenters. The van der Waals surface area contributed by atoms with E-state index in [0.29, 0.717) is 11.4 Å². The van der Waals surface area contributed by atoms with Gasteiger partial charge in [0.15, 0.2) is 6.61 Å². The number of halogens is 3. The Hall–Kier alpha value is -2.94. The van der Waals surface area contributed by atoms with Gasteiger partial charge in [0.2, 0.25) is 0 Å². The second kappa shape index (κ2) is 6.90. The minimum atomic E-state index is -4.60. The van der Waals surface area contributed by atoms with E-state index < -0.39 is 12.5 Å². The first kappa shape index (κ1) is 18.4. The number of anilines is 4. The fourth-order valence-corrected chi connectivity index (χ4v) is 3.21. The van der Waals surface area contributed by atoms with Crippen LogP contribution in [-0.2, 0) is 9.53 Å². The molecule has 2 aliphatic heterocycles. The third kappa shape index (κ3) is 3.99. The fourth-order valence-electron chi connectivity index (χ4n) is 3.21. The molecule has 2 aromatic carbocycles. The van der Waals surface area contributed by atoms with E-state index in [4.69, 9.17) is 4.74 Å². The first-order valence-corrected chi connectivity index (χ1v) is 8.71. The van der Waals surface area contributed by atoms with Crippen molar-refractivity contribution in [2.45, 2.75) is 19.4 Å². The minimum Gasteiger partial charge on any atom is -0.482 e. The summed E-state index contributed by atoms with van der Waals surface area (Å²) in [5.41, 5.74) is 4.09. The Morgan fingerprint density at radius 1 is 1.21 bits per heavy atom. The Balaban J connectivity index is 1.41. The number of carbonyl (C=O) groups is 1. The predicted molar refractivity (Wildman–Crippen MR) is 98.2 cm³/mol. The lowest BCUT2D eigenvalue weighted by Gasteiger charge is -2.40. The zero-order valence-electron chi connectivity index (χ0n) is 15.0. The molecule has 2 N–H and O–H groups in total. The quantitative estimate of drug-likeness (QED) is 0.828. The van der Waals surface area contributed by atoms with Crippen molar-refractivity contribution >= 4 is 28.7 Å². The monoisotopic (exact) mass is 393 g/mol. The summed E-state index contributed by atoms with van der Waals surface area (Å²) in [6, 6.07) is 11.0. The Labute approximate surface area is 159 Å². The highest BCUT2D eigenvalue weighted by Crippen LogP contribution is 2.34. The van der Waals surface area contributed by atoms with Gasteiger partial charge >= 0.3 is 6.36 Å². The van der Waals surface area contributed by atoms with Gasteiger partial charge in [-0.1, -0.05) is 0 Å². The second-order valence-electron chi connectivity index (χ2n) is 6.76. The van der Waals surface area contributed by atoms with Crippen LogP contribution < -0.4 is 20.3 Å². The van der Waals surface area contributed by atoms with Crippen molar-refractivity contribution in [2.75, 3.05) is 35.2 Å². The number of hydrogen-bond donors (Lipinski definition) is 2. The van der Waals surface area contributed by atoms with Gasteiger partial charge in [-0.3, -0.25) is 9.53 Å². The molecule has 148 valence electrons. The molecule has 4 rings (SSSR count). The Bertz CT molecular complexity index is 911. The highest BCUT2D eigenvalue weighted by molar-refractivity contribution is 5.95. The molecule has 0 aromatic heterocycles. The summed E-state index contributed by atoms with van der Waals surface area (Å²) >= 11 is 0. The van der Waals surface area contributed by atoms with Gasteiger partial charge in [0.1, 0.15) is 11.9 Å². The summed E-state index contributed by atoms with van der Waals surface area (Å²) in [6.07, 6.45) is -5.42. The van der Waals surface area contributed by atoms with E-state index in [1.165, 1.54) is 0 Å². The number of hydrogen-bond acceptors (Lipinski definition) is 5. The maximum Gasteiger partial charge on any atom is 0.522 e. The molecule has 0 bridgehead atoms. The highest BCUT2D eigenvalue weighted by Gasteiger charge is 2.39. The molecule has 2 aromatic rings. The topological polar surface area (TPSA) is 62.8 Å². The first-order valence-electron chi connectivity index (χ1n) is 8.71. The molecule has 28 heavy (non-hydrogen) atoms.